The lowest BCUT2D eigenvalue weighted by atomic mass is 10.0. The molecule has 0 fully saturated rings. The van der Waals surface area contributed by atoms with E-state index in [1.165, 1.54) is 0 Å². The Labute approximate surface area is 193 Å². The Balaban J connectivity index is 1.52. The zero-order valence-electron chi connectivity index (χ0n) is 18.7. The summed E-state index contributed by atoms with van der Waals surface area (Å²) in [5, 5.41) is 6.74. The van der Waals surface area contributed by atoms with Gasteiger partial charge in [0.25, 0.3) is 0 Å². The minimum atomic E-state index is -0.813. The minimum Gasteiger partial charge on any atom is -0.445 e. The summed E-state index contributed by atoms with van der Waals surface area (Å²) in [6.07, 6.45) is 1.56. The SMILES string of the molecule is Cc1cccc(NC(=O)[C@@H](Cc2c[nH]c3ccccc23)NC(=O)OCc2ccccc2)c1C. The number of aromatic nitrogens is 1. The van der Waals surface area contributed by atoms with Crippen LogP contribution in [0.3, 0.4) is 0 Å². The summed E-state index contributed by atoms with van der Waals surface area (Å²) in [6.45, 7) is 4.08. The van der Waals surface area contributed by atoms with Crippen LogP contribution in [0.25, 0.3) is 10.9 Å². The van der Waals surface area contributed by atoms with Crippen LogP contribution in [0.2, 0.25) is 0 Å². The molecule has 33 heavy (non-hydrogen) atoms. The molecule has 0 saturated heterocycles. The molecule has 2 amide bonds. The minimum absolute atomic E-state index is 0.130. The van der Waals surface area contributed by atoms with Gasteiger partial charge in [0, 0.05) is 29.2 Å². The fourth-order valence-corrected chi connectivity index (χ4v) is 3.74. The summed E-state index contributed by atoms with van der Waals surface area (Å²) in [4.78, 5) is 29.1. The van der Waals surface area contributed by atoms with E-state index in [-0.39, 0.29) is 12.5 Å². The van der Waals surface area contributed by atoms with Gasteiger partial charge in [-0.15, -0.1) is 0 Å². The van der Waals surface area contributed by atoms with E-state index in [1.807, 2.05) is 92.8 Å². The van der Waals surface area contributed by atoms with Gasteiger partial charge in [0.2, 0.25) is 5.91 Å². The second-order valence-corrected chi connectivity index (χ2v) is 8.06. The smallest absolute Gasteiger partial charge is 0.408 e. The first-order valence-electron chi connectivity index (χ1n) is 10.9. The molecule has 1 aromatic heterocycles. The number of ether oxygens (including phenoxy) is 1. The van der Waals surface area contributed by atoms with E-state index < -0.39 is 12.1 Å². The molecule has 6 heteroatoms. The Bertz CT molecular complexity index is 1260. The van der Waals surface area contributed by atoms with Crippen LogP contribution < -0.4 is 10.6 Å². The number of carbonyl (C=O) groups is 2. The molecular formula is C27H27N3O3. The summed E-state index contributed by atoms with van der Waals surface area (Å²) >= 11 is 0. The van der Waals surface area contributed by atoms with Crippen molar-refractivity contribution in [3.8, 4) is 0 Å². The number of anilines is 1. The number of hydrogen-bond acceptors (Lipinski definition) is 3. The predicted octanol–water partition coefficient (Wildman–Crippen LogP) is 5.26. The monoisotopic (exact) mass is 441 g/mol. The zero-order valence-corrected chi connectivity index (χ0v) is 18.7. The molecule has 168 valence electrons. The van der Waals surface area contributed by atoms with Crippen molar-refractivity contribution < 1.29 is 14.3 Å². The quantitative estimate of drug-likeness (QED) is 0.366. The maximum atomic E-state index is 13.3. The van der Waals surface area contributed by atoms with Gasteiger partial charge in [0.15, 0.2) is 0 Å². The Morgan fingerprint density at radius 3 is 2.52 bits per heavy atom. The molecule has 0 radical (unpaired) electrons. The first kappa shape index (κ1) is 22.1. The van der Waals surface area contributed by atoms with Gasteiger partial charge >= 0.3 is 6.09 Å². The van der Waals surface area contributed by atoms with Crippen molar-refractivity contribution >= 4 is 28.6 Å². The van der Waals surface area contributed by atoms with E-state index in [4.69, 9.17) is 4.74 Å². The molecule has 0 aliphatic carbocycles. The van der Waals surface area contributed by atoms with Crippen LogP contribution in [0.5, 0.6) is 0 Å². The van der Waals surface area contributed by atoms with Gasteiger partial charge in [-0.3, -0.25) is 4.79 Å². The van der Waals surface area contributed by atoms with Crippen LogP contribution in [0.15, 0.2) is 79.0 Å². The summed E-state index contributed by atoms with van der Waals surface area (Å²) < 4.78 is 5.37. The molecule has 4 rings (SSSR count). The number of carbonyl (C=O) groups excluding carboxylic acids is 2. The van der Waals surface area contributed by atoms with E-state index in [0.717, 1.165) is 38.8 Å². The number of fused-ring (bicyclic) bond motifs is 1. The highest BCUT2D eigenvalue weighted by molar-refractivity contribution is 5.98. The van der Waals surface area contributed by atoms with Crippen molar-refractivity contribution in [3.05, 3.63) is 101 Å². The van der Waals surface area contributed by atoms with Crippen molar-refractivity contribution in [1.82, 2.24) is 10.3 Å². The molecule has 0 saturated carbocycles. The Kier molecular flexibility index (Phi) is 6.74. The third kappa shape index (κ3) is 5.41. The van der Waals surface area contributed by atoms with E-state index in [1.54, 1.807) is 0 Å². The molecule has 3 N–H and O–H groups in total. The Morgan fingerprint density at radius 1 is 0.939 bits per heavy atom. The van der Waals surface area contributed by atoms with Gasteiger partial charge in [0.1, 0.15) is 12.6 Å². The second-order valence-electron chi connectivity index (χ2n) is 8.06. The maximum Gasteiger partial charge on any atom is 0.408 e. The molecular weight excluding hydrogens is 414 g/mol. The van der Waals surface area contributed by atoms with Gasteiger partial charge in [-0.05, 0) is 48.2 Å². The van der Waals surface area contributed by atoms with E-state index in [0.29, 0.717) is 6.42 Å². The number of alkyl carbamates (subject to hydrolysis) is 1. The van der Waals surface area contributed by atoms with Crippen LogP contribution in [0.4, 0.5) is 10.5 Å². The van der Waals surface area contributed by atoms with E-state index in [2.05, 4.69) is 15.6 Å². The Morgan fingerprint density at radius 2 is 1.70 bits per heavy atom. The average Bonchev–Trinajstić information content (AvgIpc) is 3.24. The van der Waals surface area contributed by atoms with Crippen molar-refractivity contribution in [2.75, 3.05) is 5.32 Å². The number of nitrogens with one attached hydrogen (secondary N) is 3. The maximum absolute atomic E-state index is 13.3. The lowest BCUT2D eigenvalue weighted by molar-refractivity contribution is -0.118. The second kappa shape index (κ2) is 10.0. The lowest BCUT2D eigenvalue weighted by Crippen LogP contribution is -2.45. The predicted molar refractivity (Wildman–Crippen MR) is 130 cm³/mol. The van der Waals surface area contributed by atoms with Crippen LogP contribution in [-0.4, -0.2) is 23.0 Å². The fourth-order valence-electron chi connectivity index (χ4n) is 3.74. The van der Waals surface area contributed by atoms with Crippen molar-refractivity contribution in [1.29, 1.82) is 0 Å². The molecule has 6 nitrogen and oxygen atoms in total. The molecule has 1 atom stereocenters. The number of hydrogen-bond donors (Lipinski definition) is 3. The summed E-state index contributed by atoms with van der Waals surface area (Å²) in [7, 11) is 0. The highest BCUT2D eigenvalue weighted by Crippen LogP contribution is 2.21. The van der Waals surface area contributed by atoms with Gasteiger partial charge in [-0.25, -0.2) is 4.79 Å². The third-order valence-corrected chi connectivity index (χ3v) is 5.78. The zero-order chi connectivity index (χ0) is 23.2. The molecule has 0 spiro atoms. The average molecular weight is 442 g/mol. The molecule has 3 aromatic carbocycles. The molecule has 0 bridgehead atoms. The number of rotatable bonds is 7. The lowest BCUT2D eigenvalue weighted by Gasteiger charge is -2.19. The number of benzene rings is 3. The van der Waals surface area contributed by atoms with Gasteiger partial charge < -0.3 is 20.4 Å². The topological polar surface area (TPSA) is 83.2 Å². The largest absolute Gasteiger partial charge is 0.445 e. The molecule has 1 heterocycles. The highest BCUT2D eigenvalue weighted by Gasteiger charge is 2.24. The third-order valence-electron chi connectivity index (χ3n) is 5.78. The van der Waals surface area contributed by atoms with Gasteiger partial charge in [-0.2, -0.15) is 0 Å². The highest BCUT2D eigenvalue weighted by atomic mass is 16.5. The summed E-state index contributed by atoms with van der Waals surface area (Å²) in [5.41, 5.74) is 5.59. The number of H-pyrrole nitrogens is 1. The van der Waals surface area contributed by atoms with E-state index >= 15 is 0 Å². The fraction of sp³-hybridized carbons (Fsp3) is 0.185. The normalized spacial score (nSPS) is 11.7. The Hall–Kier alpha value is -4.06. The summed E-state index contributed by atoms with van der Waals surface area (Å²) in [6, 6.07) is 22.2. The number of para-hydroxylation sites is 1. The number of aromatic amines is 1. The first-order chi connectivity index (χ1) is 16.0. The standard InChI is InChI=1S/C27H27N3O3/c1-18-9-8-14-23(19(18)2)29-26(31)25(15-21-16-28-24-13-7-6-12-22(21)24)30-27(32)33-17-20-10-4-3-5-11-20/h3-14,16,25,28H,15,17H2,1-2H3,(H,29,31)(H,30,32)/t25-/m1/s1. The van der Waals surface area contributed by atoms with Crippen molar-refractivity contribution in [2.24, 2.45) is 0 Å². The van der Waals surface area contributed by atoms with Crippen LogP contribution in [0.1, 0.15) is 22.3 Å². The number of aryl methyl sites for hydroxylation is 1. The van der Waals surface area contributed by atoms with Gasteiger partial charge in [-0.1, -0.05) is 60.7 Å². The van der Waals surface area contributed by atoms with Crippen LogP contribution >= 0.6 is 0 Å². The van der Waals surface area contributed by atoms with Crippen LogP contribution in [0, 0.1) is 13.8 Å². The first-order valence-corrected chi connectivity index (χ1v) is 10.9. The summed E-state index contributed by atoms with van der Waals surface area (Å²) in [5.74, 6) is -0.300. The number of amides is 2. The van der Waals surface area contributed by atoms with Gasteiger partial charge in [0.05, 0.1) is 0 Å². The molecule has 4 aromatic rings. The van der Waals surface area contributed by atoms with E-state index in [9.17, 15) is 9.59 Å². The van der Waals surface area contributed by atoms with Crippen molar-refractivity contribution in [3.63, 3.8) is 0 Å². The van der Waals surface area contributed by atoms with Crippen LogP contribution in [-0.2, 0) is 22.6 Å². The molecule has 0 aliphatic heterocycles. The van der Waals surface area contributed by atoms with Crippen molar-refractivity contribution in [2.45, 2.75) is 32.9 Å². The molecule has 0 aliphatic rings. The molecule has 0 unspecified atom stereocenters.